The number of nitro groups is 1. The van der Waals surface area contributed by atoms with Gasteiger partial charge in [-0.05, 0) is 25.8 Å². The van der Waals surface area contributed by atoms with E-state index in [9.17, 15) is 19.7 Å². The second kappa shape index (κ2) is 7.08. The summed E-state index contributed by atoms with van der Waals surface area (Å²) in [4.78, 5) is 34.0. The summed E-state index contributed by atoms with van der Waals surface area (Å²) >= 11 is 0. The van der Waals surface area contributed by atoms with E-state index in [0.717, 1.165) is 19.3 Å². The molecule has 1 aliphatic rings. The number of nitro benzene ring substituents is 1. The van der Waals surface area contributed by atoms with E-state index in [4.69, 9.17) is 9.47 Å². The van der Waals surface area contributed by atoms with Gasteiger partial charge in [-0.15, -0.1) is 0 Å². The van der Waals surface area contributed by atoms with E-state index in [1.165, 1.54) is 32.2 Å². The van der Waals surface area contributed by atoms with Gasteiger partial charge in [-0.3, -0.25) is 19.7 Å². The standard InChI is InChI=1S/C15H18N2O6/c1-9(23-15(19)10-4-3-5-10)14(18)16-12-7-6-11(17(20)21)8-13(12)22-2/h6-10H,3-5H2,1-2H3,(H,16,18)/t9-/m0/s1. The Balaban J connectivity index is 2.01. The molecular weight excluding hydrogens is 304 g/mol. The molecule has 0 aromatic heterocycles. The lowest BCUT2D eigenvalue weighted by atomic mass is 9.86. The van der Waals surface area contributed by atoms with Crippen LogP contribution in [0.25, 0.3) is 0 Å². The molecule has 0 radical (unpaired) electrons. The molecule has 2 rings (SSSR count). The molecule has 1 N–H and O–H groups in total. The van der Waals surface area contributed by atoms with Crippen molar-refractivity contribution in [2.45, 2.75) is 32.3 Å². The summed E-state index contributed by atoms with van der Waals surface area (Å²) in [6.07, 6.45) is 1.63. The van der Waals surface area contributed by atoms with Gasteiger partial charge in [0.1, 0.15) is 5.75 Å². The van der Waals surface area contributed by atoms with E-state index in [1.54, 1.807) is 0 Å². The summed E-state index contributed by atoms with van der Waals surface area (Å²) in [7, 11) is 1.34. The summed E-state index contributed by atoms with van der Waals surface area (Å²) in [5.74, 6) is -0.844. The molecule has 0 unspecified atom stereocenters. The monoisotopic (exact) mass is 322 g/mol. The fourth-order valence-electron chi connectivity index (χ4n) is 2.10. The highest BCUT2D eigenvalue weighted by Gasteiger charge is 2.29. The van der Waals surface area contributed by atoms with Gasteiger partial charge in [0.2, 0.25) is 0 Å². The maximum Gasteiger partial charge on any atom is 0.309 e. The van der Waals surface area contributed by atoms with Crippen LogP contribution in [-0.2, 0) is 14.3 Å². The lowest BCUT2D eigenvalue weighted by Crippen LogP contribution is -2.34. The topological polar surface area (TPSA) is 108 Å². The zero-order valence-electron chi connectivity index (χ0n) is 12.9. The van der Waals surface area contributed by atoms with E-state index in [2.05, 4.69) is 5.32 Å². The number of non-ortho nitro benzene ring substituents is 1. The molecule has 1 amide bonds. The van der Waals surface area contributed by atoms with Gasteiger partial charge in [-0.2, -0.15) is 0 Å². The minimum Gasteiger partial charge on any atom is -0.494 e. The van der Waals surface area contributed by atoms with Crippen LogP contribution in [0.15, 0.2) is 18.2 Å². The van der Waals surface area contributed by atoms with Gasteiger partial charge < -0.3 is 14.8 Å². The minimum atomic E-state index is -0.956. The molecular formula is C15H18N2O6. The number of anilines is 1. The number of nitrogens with zero attached hydrogens (tertiary/aromatic N) is 1. The zero-order valence-corrected chi connectivity index (χ0v) is 12.9. The second-order valence-corrected chi connectivity index (χ2v) is 5.34. The van der Waals surface area contributed by atoms with E-state index >= 15 is 0 Å². The van der Waals surface area contributed by atoms with Crippen LogP contribution in [0.1, 0.15) is 26.2 Å². The first-order valence-electron chi connectivity index (χ1n) is 7.26. The van der Waals surface area contributed by atoms with Crippen molar-refractivity contribution in [2.24, 2.45) is 5.92 Å². The maximum atomic E-state index is 12.1. The van der Waals surface area contributed by atoms with Crippen LogP contribution in [0, 0.1) is 16.0 Å². The molecule has 0 bridgehead atoms. The summed E-state index contributed by atoms with van der Waals surface area (Å²) in [5, 5.41) is 13.3. The van der Waals surface area contributed by atoms with Crippen molar-refractivity contribution in [3.8, 4) is 5.75 Å². The molecule has 0 spiro atoms. The summed E-state index contributed by atoms with van der Waals surface area (Å²) in [6.45, 7) is 1.48. The van der Waals surface area contributed by atoms with Crippen LogP contribution in [0.5, 0.6) is 5.75 Å². The number of hydrogen-bond acceptors (Lipinski definition) is 6. The molecule has 8 heteroatoms. The van der Waals surface area contributed by atoms with E-state index in [0.29, 0.717) is 0 Å². The lowest BCUT2D eigenvalue weighted by molar-refractivity contribution is -0.384. The Morgan fingerprint density at radius 3 is 2.61 bits per heavy atom. The number of benzene rings is 1. The van der Waals surface area contributed by atoms with Crippen LogP contribution in [0.4, 0.5) is 11.4 Å². The van der Waals surface area contributed by atoms with Gasteiger partial charge in [0.05, 0.1) is 29.7 Å². The molecule has 0 saturated heterocycles. The number of methoxy groups -OCH3 is 1. The van der Waals surface area contributed by atoms with Crippen molar-refractivity contribution < 1.29 is 24.0 Å². The third-order valence-corrected chi connectivity index (χ3v) is 3.75. The number of amides is 1. The highest BCUT2D eigenvalue weighted by Crippen LogP contribution is 2.30. The van der Waals surface area contributed by atoms with E-state index in [-0.39, 0.29) is 29.0 Å². The number of ether oxygens (including phenoxy) is 2. The van der Waals surface area contributed by atoms with Crippen LogP contribution < -0.4 is 10.1 Å². The molecule has 1 saturated carbocycles. The van der Waals surface area contributed by atoms with Crippen molar-refractivity contribution in [1.82, 2.24) is 0 Å². The fourth-order valence-corrected chi connectivity index (χ4v) is 2.10. The minimum absolute atomic E-state index is 0.112. The summed E-state index contributed by atoms with van der Waals surface area (Å²) in [5.41, 5.74) is 0.124. The van der Waals surface area contributed by atoms with Gasteiger partial charge in [-0.25, -0.2) is 0 Å². The average Bonchev–Trinajstić information content (AvgIpc) is 2.45. The van der Waals surface area contributed by atoms with Crippen molar-refractivity contribution in [3.63, 3.8) is 0 Å². The van der Waals surface area contributed by atoms with Crippen molar-refractivity contribution in [2.75, 3.05) is 12.4 Å². The first-order chi connectivity index (χ1) is 10.9. The van der Waals surface area contributed by atoms with Gasteiger partial charge in [0.25, 0.3) is 11.6 Å². The Morgan fingerprint density at radius 1 is 1.39 bits per heavy atom. The van der Waals surface area contributed by atoms with Crippen LogP contribution in [-0.4, -0.2) is 30.0 Å². The van der Waals surface area contributed by atoms with Gasteiger partial charge in [-0.1, -0.05) is 6.42 Å². The molecule has 1 aromatic rings. The van der Waals surface area contributed by atoms with E-state index < -0.39 is 16.9 Å². The Kier molecular flexibility index (Phi) is 5.15. The van der Waals surface area contributed by atoms with Gasteiger partial charge in [0, 0.05) is 6.07 Å². The van der Waals surface area contributed by atoms with E-state index in [1.807, 2.05) is 0 Å². The SMILES string of the molecule is COc1cc([N+](=O)[O-])ccc1NC(=O)[C@H](C)OC(=O)C1CCC1. The zero-order chi connectivity index (χ0) is 17.0. The number of nitrogens with one attached hydrogen (secondary N) is 1. The van der Waals surface area contributed by atoms with Gasteiger partial charge in [0.15, 0.2) is 6.10 Å². The summed E-state index contributed by atoms with van der Waals surface area (Å²) in [6, 6.07) is 3.83. The maximum absolute atomic E-state index is 12.1. The molecule has 23 heavy (non-hydrogen) atoms. The first kappa shape index (κ1) is 16.7. The van der Waals surface area contributed by atoms with Crippen molar-refractivity contribution in [3.05, 3.63) is 28.3 Å². The van der Waals surface area contributed by atoms with Crippen molar-refractivity contribution >= 4 is 23.3 Å². The lowest BCUT2D eigenvalue weighted by Gasteiger charge is -2.25. The first-order valence-corrected chi connectivity index (χ1v) is 7.26. The molecule has 0 aliphatic heterocycles. The largest absolute Gasteiger partial charge is 0.494 e. The molecule has 0 heterocycles. The molecule has 1 aromatic carbocycles. The summed E-state index contributed by atoms with van der Waals surface area (Å²) < 4.78 is 10.2. The van der Waals surface area contributed by atoms with Gasteiger partial charge >= 0.3 is 5.97 Å². The highest BCUT2D eigenvalue weighted by atomic mass is 16.6. The second-order valence-electron chi connectivity index (χ2n) is 5.34. The number of esters is 1. The highest BCUT2D eigenvalue weighted by molar-refractivity contribution is 5.96. The number of carbonyl (C=O) groups excluding carboxylic acids is 2. The quantitative estimate of drug-likeness (QED) is 0.489. The number of hydrogen-bond donors (Lipinski definition) is 1. The Labute approximate surface area is 132 Å². The third-order valence-electron chi connectivity index (χ3n) is 3.75. The molecule has 8 nitrogen and oxygen atoms in total. The number of carbonyl (C=O) groups is 2. The van der Waals surface area contributed by atoms with Crippen molar-refractivity contribution in [1.29, 1.82) is 0 Å². The molecule has 124 valence electrons. The Morgan fingerprint density at radius 2 is 2.09 bits per heavy atom. The normalized spacial score (nSPS) is 15.2. The Bertz CT molecular complexity index is 626. The van der Waals surface area contributed by atoms with Crippen LogP contribution in [0.3, 0.4) is 0 Å². The predicted octanol–water partition coefficient (Wildman–Crippen LogP) is 2.27. The predicted molar refractivity (Wildman–Crippen MR) is 81.2 cm³/mol. The molecule has 1 atom stereocenters. The Hall–Kier alpha value is -2.64. The van der Waals surface area contributed by atoms with Crippen LogP contribution >= 0.6 is 0 Å². The molecule has 1 aliphatic carbocycles. The molecule has 1 fully saturated rings. The number of rotatable bonds is 6. The average molecular weight is 322 g/mol. The third kappa shape index (κ3) is 3.97. The van der Waals surface area contributed by atoms with Crippen LogP contribution in [0.2, 0.25) is 0 Å². The smallest absolute Gasteiger partial charge is 0.309 e. The fraction of sp³-hybridized carbons (Fsp3) is 0.467.